The lowest BCUT2D eigenvalue weighted by molar-refractivity contribution is 0.433. The smallest absolute Gasteiger partial charge is 0.235 e. The van der Waals surface area contributed by atoms with Gasteiger partial charge in [0, 0.05) is 5.56 Å². The van der Waals surface area contributed by atoms with Crippen LogP contribution in [0.4, 0.5) is 0 Å². The molecule has 3 nitrogen and oxygen atoms in total. The number of aromatic hydroxyl groups is 1. The molecule has 0 aromatic heterocycles. The zero-order valence-corrected chi connectivity index (χ0v) is 10.4. The Morgan fingerprint density at radius 2 is 2.00 bits per heavy atom. The molecular weight excluding hydrogens is 214 g/mol. The second-order valence-corrected chi connectivity index (χ2v) is 5.69. The number of phenols is 1. The van der Waals surface area contributed by atoms with Crippen molar-refractivity contribution >= 4 is 6.08 Å². The van der Waals surface area contributed by atoms with Gasteiger partial charge in [0.25, 0.3) is 0 Å². The van der Waals surface area contributed by atoms with Gasteiger partial charge in [0.15, 0.2) is 0 Å². The number of hydrogen-bond acceptors (Lipinski definition) is 3. The monoisotopic (exact) mass is 231 g/mol. The van der Waals surface area contributed by atoms with Crippen LogP contribution in [0.5, 0.6) is 5.75 Å². The summed E-state index contributed by atoms with van der Waals surface area (Å²) in [4.78, 5) is 14.3. The van der Waals surface area contributed by atoms with E-state index in [-0.39, 0.29) is 11.2 Å². The van der Waals surface area contributed by atoms with Crippen LogP contribution in [0, 0.1) is 0 Å². The number of carbonyl (C=O) groups excluding carboxylic acids is 1. The lowest BCUT2D eigenvalue weighted by atomic mass is 9.84. The van der Waals surface area contributed by atoms with Gasteiger partial charge in [0.2, 0.25) is 6.08 Å². The molecular formula is C14H17NO2. The lowest BCUT2D eigenvalue weighted by Gasteiger charge is -2.23. The van der Waals surface area contributed by atoms with Gasteiger partial charge >= 0.3 is 0 Å². The predicted octanol–water partition coefficient (Wildman–Crippen LogP) is 3.01. The molecule has 3 heteroatoms. The Labute approximate surface area is 101 Å². The van der Waals surface area contributed by atoms with Gasteiger partial charge in [0.1, 0.15) is 11.3 Å². The Morgan fingerprint density at radius 1 is 1.35 bits per heavy atom. The van der Waals surface area contributed by atoms with E-state index in [0.717, 1.165) is 24.0 Å². The maximum absolute atomic E-state index is 10.5. The number of para-hydroxylation sites is 1. The zero-order chi connectivity index (χ0) is 12.7. The van der Waals surface area contributed by atoms with Crippen LogP contribution in [0.25, 0.3) is 0 Å². The van der Waals surface area contributed by atoms with Crippen molar-refractivity contribution in [3.05, 3.63) is 29.3 Å². The van der Waals surface area contributed by atoms with E-state index in [1.54, 1.807) is 6.08 Å². The second-order valence-electron chi connectivity index (χ2n) is 5.69. The van der Waals surface area contributed by atoms with E-state index in [1.165, 1.54) is 0 Å². The molecule has 2 rings (SSSR count). The largest absolute Gasteiger partial charge is 0.507 e. The minimum atomic E-state index is -0.507. The van der Waals surface area contributed by atoms with E-state index >= 15 is 0 Å². The van der Waals surface area contributed by atoms with Crippen molar-refractivity contribution in [2.45, 2.75) is 44.6 Å². The highest BCUT2D eigenvalue weighted by atomic mass is 16.3. The molecule has 0 atom stereocenters. The number of rotatable bonds is 2. The average Bonchev–Trinajstić information content (AvgIpc) is 2.98. The van der Waals surface area contributed by atoms with Crippen molar-refractivity contribution in [2.75, 3.05) is 0 Å². The highest BCUT2D eigenvalue weighted by molar-refractivity contribution is 5.51. The molecule has 0 heterocycles. The van der Waals surface area contributed by atoms with Crippen molar-refractivity contribution in [3.8, 4) is 5.75 Å². The fourth-order valence-electron chi connectivity index (χ4n) is 2.17. The highest BCUT2D eigenvalue weighted by Gasteiger charge is 2.47. The number of aliphatic imine (C=N–C) groups is 1. The summed E-state index contributed by atoms with van der Waals surface area (Å²) in [6.45, 7) is 6.15. The van der Waals surface area contributed by atoms with E-state index in [1.807, 2.05) is 39.0 Å². The van der Waals surface area contributed by atoms with Gasteiger partial charge in [-0.2, -0.15) is 4.99 Å². The van der Waals surface area contributed by atoms with Crippen LogP contribution < -0.4 is 0 Å². The lowest BCUT2D eigenvalue weighted by Crippen LogP contribution is -2.13. The van der Waals surface area contributed by atoms with Crippen molar-refractivity contribution in [3.63, 3.8) is 0 Å². The van der Waals surface area contributed by atoms with Gasteiger partial charge in [-0.25, -0.2) is 4.79 Å². The second kappa shape index (κ2) is 3.71. The molecule has 17 heavy (non-hydrogen) atoms. The van der Waals surface area contributed by atoms with E-state index in [9.17, 15) is 9.90 Å². The van der Waals surface area contributed by atoms with Crippen LogP contribution in [0.15, 0.2) is 23.2 Å². The molecule has 1 aromatic rings. The van der Waals surface area contributed by atoms with Crippen molar-refractivity contribution in [1.82, 2.24) is 0 Å². The standard InChI is InChI=1S/C14H17NO2/c1-13(2,3)10-5-4-6-11(12(10)17)14(7-8-14)15-9-16/h4-6,17H,7-8H2,1-3H3. The molecule has 1 N–H and O–H groups in total. The molecule has 1 aromatic carbocycles. The summed E-state index contributed by atoms with van der Waals surface area (Å²) in [5, 5.41) is 10.3. The maximum atomic E-state index is 10.5. The van der Waals surface area contributed by atoms with Crippen LogP contribution in [-0.2, 0) is 15.7 Å². The average molecular weight is 231 g/mol. The van der Waals surface area contributed by atoms with Gasteiger partial charge in [0.05, 0.1) is 0 Å². The van der Waals surface area contributed by atoms with E-state index in [0.29, 0.717) is 0 Å². The Bertz CT molecular complexity index is 489. The summed E-state index contributed by atoms with van der Waals surface area (Å²) in [5.74, 6) is 0.275. The molecule has 0 amide bonds. The molecule has 0 bridgehead atoms. The topological polar surface area (TPSA) is 49.7 Å². The summed E-state index contributed by atoms with van der Waals surface area (Å²) < 4.78 is 0. The van der Waals surface area contributed by atoms with E-state index < -0.39 is 5.54 Å². The Balaban J connectivity index is 2.54. The van der Waals surface area contributed by atoms with E-state index in [4.69, 9.17) is 0 Å². The third-order valence-electron chi connectivity index (χ3n) is 3.33. The molecule has 0 spiro atoms. The fourth-order valence-corrected chi connectivity index (χ4v) is 2.17. The molecule has 0 radical (unpaired) electrons. The summed E-state index contributed by atoms with van der Waals surface area (Å²) in [7, 11) is 0. The Morgan fingerprint density at radius 3 is 2.47 bits per heavy atom. The van der Waals surface area contributed by atoms with Crippen molar-refractivity contribution in [1.29, 1.82) is 0 Å². The quantitative estimate of drug-likeness (QED) is 0.628. The van der Waals surface area contributed by atoms with Crippen LogP contribution >= 0.6 is 0 Å². The van der Waals surface area contributed by atoms with Gasteiger partial charge < -0.3 is 5.11 Å². The van der Waals surface area contributed by atoms with Crippen LogP contribution in [-0.4, -0.2) is 11.2 Å². The SMILES string of the molecule is CC(C)(C)c1cccc(C2(N=C=O)CC2)c1O. The van der Waals surface area contributed by atoms with Crippen molar-refractivity contribution in [2.24, 2.45) is 4.99 Å². The Kier molecular flexibility index (Phi) is 2.59. The van der Waals surface area contributed by atoms with Gasteiger partial charge in [-0.05, 0) is 23.8 Å². The summed E-state index contributed by atoms with van der Waals surface area (Å²) in [6, 6.07) is 5.67. The number of phenolic OH excluding ortho intramolecular Hbond substituents is 1. The summed E-state index contributed by atoms with van der Waals surface area (Å²) >= 11 is 0. The number of benzene rings is 1. The molecule has 1 fully saturated rings. The van der Waals surface area contributed by atoms with Gasteiger partial charge in [-0.15, -0.1) is 0 Å². The molecule has 1 aliphatic rings. The first kappa shape index (κ1) is 11.9. The predicted molar refractivity (Wildman–Crippen MR) is 65.8 cm³/mol. The highest BCUT2D eigenvalue weighted by Crippen LogP contribution is 2.53. The minimum absolute atomic E-state index is 0.124. The zero-order valence-electron chi connectivity index (χ0n) is 10.4. The molecule has 1 aliphatic carbocycles. The molecule has 0 unspecified atom stereocenters. The number of isocyanates is 1. The fraction of sp³-hybridized carbons (Fsp3) is 0.500. The first-order valence-corrected chi connectivity index (χ1v) is 5.83. The first-order valence-electron chi connectivity index (χ1n) is 5.83. The van der Waals surface area contributed by atoms with Crippen LogP contribution in [0.3, 0.4) is 0 Å². The van der Waals surface area contributed by atoms with Crippen LogP contribution in [0.2, 0.25) is 0 Å². The molecule has 0 aliphatic heterocycles. The van der Waals surface area contributed by atoms with Crippen LogP contribution in [0.1, 0.15) is 44.7 Å². The minimum Gasteiger partial charge on any atom is -0.507 e. The third-order valence-corrected chi connectivity index (χ3v) is 3.33. The number of hydrogen-bond donors (Lipinski definition) is 1. The van der Waals surface area contributed by atoms with Crippen molar-refractivity contribution < 1.29 is 9.90 Å². The summed E-state index contributed by atoms with van der Waals surface area (Å²) in [6.07, 6.45) is 3.24. The Hall–Kier alpha value is -1.60. The molecule has 1 saturated carbocycles. The number of nitrogens with zero attached hydrogens (tertiary/aromatic N) is 1. The maximum Gasteiger partial charge on any atom is 0.235 e. The van der Waals surface area contributed by atoms with E-state index in [2.05, 4.69) is 4.99 Å². The molecule has 90 valence electrons. The third kappa shape index (κ3) is 1.98. The van der Waals surface area contributed by atoms with Gasteiger partial charge in [-0.1, -0.05) is 39.0 Å². The summed E-state index contributed by atoms with van der Waals surface area (Å²) in [5.41, 5.74) is 1.02. The van der Waals surface area contributed by atoms with Gasteiger partial charge in [-0.3, -0.25) is 0 Å². The first-order chi connectivity index (χ1) is 7.91. The molecule has 0 saturated heterocycles. The normalized spacial score (nSPS) is 17.4.